The first-order chi connectivity index (χ1) is 11.8. The first kappa shape index (κ1) is 15.5. The van der Waals surface area contributed by atoms with E-state index in [4.69, 9.17) is 4.74 Å². The molecule has 0 unspecified atom stereocenters. The monoisotopic (exact) mass is 328 g/mol. The van der Waals surface area contributed by atoms with E-state index in [1.165, 1.54) is 37.9 Å². The molecule has 4 rings (SSSR count). The van der Waals surface area contributed by atoms with Crippen molar-refractivity contribution >= 4 is 0 Å². The van der Waals surface area contributed by atoms with Crippen LogP contribution in [0.2, 0.25) is 0 Å². The third-order valence-electron chi connectivity index (χ3n) is 4.75. The molecule has 1 aromatic carbocycles. The Hall–Kier alpha value is -2.01. The van der Waals surface area contributed by atoms with Crippen LogP contribution in [0, 0.1) is 11.9 Å². The van der Waals surface area contributed by atoms with Crippen LogP contribution in [0.1, 0.15) is 19.3 Å². The number of nitrogens with zero attached hydrogens (tertiary/aromatic N) is 2. The average Bonchev–Trinajstić information content (AvgIpc) is 3.42. The van der Waals surface area contributed by atoms with Crippen molar-refractivity contribution in [3.63, 3.8) is 0 Å². The van der Waals surface area contributed by atoms with Crippen LogP contribution in [0.3, 0.4) is 0 Å². The molecular weight excluding hydrogens is 305 g/mol. The Morgan fingerprint density at radius 1 is 1.17 bits per heavy atom. The summed E-state index contributed by atoms with van der Waals surface area (Å²) in [6.07, 6.45) is 9.09. The fraction of sp³-hybridized carbons (Fsp3) is 0.474. The number of allylic oxidation sites excluding steroid dienone is 2. The summed E-state index contributed by atoms with van der Waals surface area (Å²) in [5.41, 5.74) is 0. The molecule has 1 saturated carbocycles. The lowest BCUT2D eigenvalue weighted by molar-refractivity contribution is 0.264. The lowest BCUT2D eigenvalue weighted by Gasteiger charge is -2.28. The first-order valence-electron chi connectivity index (χ1n) is 8.77. The Bertz CT molecular complexity index is 654. The second kappa shape index (κ2) is 6.85. The summed E-state index contributed by atoms with van der Waals surface area (Å²) < 4.78 is 18.9. The molecule has 3 aliphatic rings. The van der Waals surface area contributed by atoms with Gasteiger partial charge in [-0.1, -0.05) is 6.07 Å². The maximum atomic E-state index is 13.2. The van der Waals surface area contributed by atoms with Crippen molar-refractivity contribution in [1.82, 2.24) is 15.1 Å². The molecular formula is C19H23FN3O. The van der Waals surface area contributed by atoms with Crippen molar-refractivity contribution < 1.29 is 9.13 Å². The number of nitrogens with one attached hydrogen (secondary N) is 1. The normalized spacial score (nSPS) is 22.3. The van der Waals surface area contributed by atoms with Gasteiger partial charge in [0, 0.05) is 44.4 Å². The summed E-state index contributed by atoms with van der Waals surface area (Å²) in [4.78, 5) is 5.00. The summed E-state index contributed by atoms with van der Waals surface area (Å²) in [5.74, 6) is 2.02. The van der Waals surface area contributed by atoms with Gasteiger partial charge in [-0.2, -0.15) is 0 Å². The molecule has 1 aliphatic carbocycles. The molecule has 0 spiro atoms. The Morgan fingerprint density at radius 3 is 2.83 bits per heavy atom. The number of dihydropyridines is 1. The second-order valence-electron chi connectivity index (χ2n) is 6.62. The highest BCUT2D eigenvalue weighted by atomic mass is 19.1. The molecule has 0 aromatic heterocycles. The highest BCUT2D eigenvalue weighted by Gasteiger charge is 2.30. The summed E-state index contributed by atoms with van der Waals surface area (Å²) in [6.45, 7) is 5.04. The minimum absolute atomic E-state index is 0.290. The van der Waals surface area contributed by atoms with Gasteiger partial charge in [-0.3, -0.25) is 4.90 Å². The van der Waals surface area contributed by atoms with Crippen LogP contribution < -0.4 is 10.1 Å². The number of rotatable bonds is 4. The first-order valence-corrected chi connectivity index (χ1v) is 8.77. The Kier molecular flexibility index (Phi) is 4.43. The predicted octanol–water partition coefficient (Wildman–Crippen LogP) is 2.51. The Labute approximate surface area is 142 Å². The molecule has 1 saturated heterocycles. The van der Waals surface area contributed by atoms with Crippen molar-refractivity contribution in [3.8, 4) is 5.75 Å². The van der Waals surface area contributed by atoms with E-state index >= 15 is 0 Å². The van der Waals surface area contributed by atoms with E-state index in [0.717, 1.165) is 37.3 Å². The number of hydrogen-bond acceptors (Lipinski definition) is 4. The van der Waals surface area contributed by atoms with E-state index in [2.05, 4.69) is 21.2 Å². The summed E-state index contributed by atoms with van der Waals surface area (Å²) in [7, 11) is 0. The van der Waals surface area contributed by atoms with E-state index < -0.39 is 0 Å². The molecule has 0 bridgehead atoms. The zero-order chi connectivity index (χ0) is 16.4. The van der Waals surface area contributed by atoms with Crippen LogP contribution in [0.4, 0.5) is 4.39 Å². The van der Waals surface area contributed by atoms with Crippen molar-refractivity contribution in [3.05, 3.63) is 53.8 Å². The Balaban J connectivity index is 1.37. The molecule has 5 heteroatoms. The van der Waals surface area contributed by atoms with E-state index in [1.807, 2.05) is 6.08 Å². The van der Waals surface area contributed by atoms with E-state index in [-0.39, 0.29) is 5.82 Å². The molecule has 2 heterocycles. The fourth-order valence-corrected chi connectivity index (χ4v) is 3.34. The number of benzene rings is 1. The zero-order valence-electron chi connectivity index (χ0n) is 13.8. The van der Waals surface area contributed by atoms with Gasteiger partial charge in [0.1, 0.15) is 23.1 Å². The predicted molar refractivity (Wildman–Crippen MR) is 90.7 cm³/mol. The molecule has 2 fully saturated rings. The van der Waals surface area contributed by atoms with Crippen molar-refractivity contribution in [2.24, 2.45) is 0 Å². The molecule has 127 valence electrons. The summed E-state index contributed by atoms with van der Waals surface area (Å²) >= 11 is 0. The maximum Gasteiger partial charge on any atom is 0.129 e. The largest absolute Gasteiger partial charge is 0.460 e. The lowest BCUT2D eigenvalue weighted by Crippen LogP contribution is -2.38. The molecule has 0 amide bonds. The maximum absolute atomic E-state index is 13.2. The topological polar surface area (TPSA) is 27.7 Å². The number of ether oxygens (including phenoxy) is 1. The quantitative estimate of drug-likeness (QED) is 0.919. The number of hydrogen-bond donors (Lipinski definition) is 1. The van der Waals surface area contributed by atoms with Crippen LogP contribution in [-0.4, -0.2) is 48.6 Å². The van der Waals surface area contributed by atoms with Crippen LogP contribution in [-0.2, 0) is 0 Å². The molecule has 24 heavy (non-hydrogen) atoms. The van der Waals surface area contributed by atoms with E-state index in [0.29, 0.717) is 12.3 Å². The van der Waals surface area contributed by atoms with Crippen LogP contribution in [0.15, 0.2) is 41.9 Å². The molecule has 2 aliphatic heterocycles. The van der Waals surface area contributed by atoms with Gasteiger partial charge in [0.2, 0.25) is 0 Å². The van der Waals surface area contributed by atoms with Crippen molar-refractivity contribution in [1.29, 1.82) is 0 Å². The van der Waals surface area contributed by atoms with E-state index in [1.54, 1.807) is 12.1 Å². The van der Waals surface area contributed by atoms with Crippen LogP contribution in [0.5, 0.6) is 5.75 Å². The SMILES string of the molecule is Fc1cccc(OC2=C[C]=C(N3CCCN(C4CC4)CC3)NC2)c1. The number of halogens is 1. The molecule has 1 N–H and O–H groups in total. The molecule has 4 nitrogen and oxygen atoms in total. The average molecular weight is 328 g/mol. The second-order valence-corrected chi connectivity index (χ2v) is 6.62. The van der Waals surface area contributed by atoms with Gasteiger partial charge in [0.25, 0.3) is 0 Å². The summed E-state index contributed by atoms with van der Waals surface area (Å²) in [5, 5.41) is 3.39. The van der Waals surface area contributed by atoms with Crippen molar-refractivity contribution in [2.75, 3.05) is 32.7 Å². The van der Waals surface area contributed by atoms with Gasteiger partial charge < -0.3 is 15.0 Å². The van der Waals surface area contributed by atoms with Gasteiger partial charge in [0.05, 0.1) is 6.54 Å². The zero-order valence-corrected chi connectivity index (χ0v) is 13.8. The van der Waals surface area contributed by atoms with Crippen LogP contribution in [0.25, 0.3) is 0 Å². The Morgan fingerprint density at radius 2 is 2.08 bits per heavy atom. The standard InChI is InChI=1S/C19H23FN3O/c20-15-3-1-4-17(13-15)24-18-7-8-19(21-14-18)23-10-2-9-22(11-12-23)16-5-6-16/h1,3-4,7,13,16,21H,2,5-6,9-12,14H2. The third-order valence-corrected chi connectivity index (χ3v) is 4.75. The highest BCUT2D eigenvalue weighted by Crippen LogP contribution is 2.28. The highest BCUT2D eigenvalue weighted by molar-refractivity contribution is 5.26. The van der Waals surface area contributed by atoms with Gasteiger partial charge in [0.15, 0.2) is 0 Å². The molecule has 0 atom stereocenters. The van der Waals surface area contributed by atoms with E-state index in [9.17, 15) is 4.39 Å². The minimum Gasteiger partial charge on any atom is -0.460 e. The minimum atomic E-state index is -0.290. The molecule has 1 aromatic rings. The van der Waals surface area contributed by atoms with Gasteiger partial charge in [-0.15, -0.1) is 0 Å². The van der Waals surface area contributed by atoms with Gasteiger partial charge in [-0.05, 0) is 37.5 Å². The lowest BCUT2D eigenvalue weighted by atomic mass is 10.3. The van der Waals surface area contributed by atoms with Gasteiger partial charge in [-0.25, -0.2) is 4.39 Å². The fourth-order valence-electron chi connectivity index (χ4n) is 3.34. The van der Waals surface area contributed by atoms with Gasteiger partial charge >= 0.3 is 0 Å². The molecule has 1 radical (unpaired) electrons. The summed E-state index contributed by atoms with van der Waals surface area (Å²) in [6, 6.07) is 7.05. The van der Waals surface area contributed by atoms with Crippen molar-refractivity contribution in [2.45, 2.75) is 25.3 Å². The third kappa shape index (κ3) is 3.73. The van der Waals surface area contributed by atoms with Crippen LogP contribution >= 0.6 is 0 Å². The smallest absolute Gasteiger partial charge is 0.129 e.